The molecule has 2 unspecified atom stereocenters. The molecule has 0 aliphatic heterocycles. The fourth-order valence-corrected chi connectivity index (χ4v) is 5.14. The van der Waals surface area contributed by atoms with Crippen molar-refractivity contribution in [2.24, 2.45) is 23.7 Å². The van der Waals surface area contributed by atoms with Crippen LogP contribution in [0.4, 0.5) is 4.79 Å². The lowest BCUT2D eigenvalue weighted by Gasteiger charge is -2.20. The average molecular weight is 479 g/mol. The molecule has 1 fully saturated rings. The minimum Gasteiger partial charge on any atom is -0.481 e. The molecule has 7 nitrogen and oxygen atoms in total. The van der Waals surface area contributed by atoms with Gasteiger partial charge in [0.1, 0.15) is 6.61 Å². The Morgan fingerprint density at radius 2 is 1.63 bits per heavy atom. The Hall–Kier alpha value is -3.35. The van der Waals surface area contributed by atoms with Crippen molar-refractivity contribution in [3.63, 3.8) is 0 Å². The third kappa shape index (κ3) is 6.21. The number of rotatable bonds is 11. The first kappa shape index (κ1) is 24.8. The molecule has 2 aromatic rings. The first-order chi connectivity index (χ1) is 16.8. The van der Waals surface area contributed by atoms with Crippen molar-refractivity contribution < 1.29 is 24.2 Å². The quantitative estimate of drug-likeness (QED) is 0.444. The van der Waals surface area contributed by atoms with E-state index in [0.29, 0.717) is 25.4 Å². The molecule has 2 amide bonds. The molecule has 7 heteroatoms. The van der Waals surface area contributed by atoms with Gasteiger partial charge < -0.3 is 20.5 Å². The van der Waals surface area contributed by atoms with E-state index in [1.54, 1.807) is 0 Å². The largest absolute Gasteiger partial charge is 0.481 e. The number of fused-ring (bicyclic) bond motifs is 3. The Bertz CT molecular complexity index is 1040. The van der Waals surface area contributed by atoms with Crippen LogP contribution in [0.2, 0.25) is 0 Å². The molecule has 1 saturated carbocycles. The van der Waals surface area contributed by atoms with Crippen molar-refractivity contribution in [3.05, 3.63) is 59.7 Å². The molecule has 0 heterocycles. The molecule has 0 saturated heterocycles. The van der Waals surface area contributed by atoms with Crippen LogP contribution in [-0.2, 0) is 14.3 Å². The van der Waals surface area contributed by atoms with Gasteiger partial charge in [0.15, 0.2) is 0 Å². The molecule has 2 aliphatic rings. The van der Waals surface area contributed by atoms with Crippen LogP contribution >= 0.6 is 0 Å². The van der Waals surface area contributed by atoms with Gasteiger partial charge in [0.05, 0.1) is 5.92 Å². The number of carbonyl (C=O) groups excluding carboxylic acids is 2. The number of alkyl carbamates (subject to hydrolysis) is 1. The molecule has 3 N–H and O–H groups in total. The van der Waals surface area contributed by atoms with Gasteiger partial charge in [-0.3, -0.25) is 9.59 Å². The van der Waals surface area contributed by atoms with Crippen LogP contribution in [0.25, 0.3) is 11.1 Å². The van der Waals surface area contributed by atoms with E-state index in [2.05, 4.69) is 48.7 Å². The van der Waals surface area contributed by atoms with E-state index in [4.69, 9.17) is 9.84 Å². The van der Waals surface area contributed by atoms with Crippen LogP contribution in [0.1, 0.15) is 50.2 Å². The van der Waals surface area contributed by atoms with Gasteiger partial charge in [-0.05, 0) is 52.8 Å². The minimum atomic E-state index is -0.797. The van der Waals surface area contributed by atoms with Crippen LogP contribution in [0.5, 0.6) is 0 Å². The van der Waals surface area contributed by atoms with Gasteiger partial charge in [0.25, 0.3) is 0 Å². The second kappa shape index (κ2) is 10.9. The second-order valence-electron chi connectivity index (χ2n) is 10.2. The van der Waals surface area contributed by atoms with E-state index in [-0.39, 0.29) is 42.6 Å². The lowest BCUT2D eigenvalue weighted by molar-refractivity contribution is -0.139. The van der Waals surface area contributed by atoms with Gasteiger partial charge in [-0.15, -0.1) is 0 Å². The molecular formula is C28H34N2O5. The third-order valence-corrected chi connectivity index (χ3v) is 6.96. The molecule has 0 aromatic heterocycles. The Morgan fingerprint density at radius 1 is 1.00 bits per heavy atom. The van der Waals surface area contributed by atoms with E-state index < -0.39 is 12.1 Å². The lowest BCUT2D eigenvalue weighted by atomic mass is 9.93. The number of nitrogens with one attached hydrogen (secondary N) is 2. The topological polar surface area (TPSA) is 105 Å². The van der Waals surface area contributed by atoms with Crippen molar-refractivity contribution in [1.82, 2.24) is 10.6 Å². The zero-order chi connectivity index (χ0) is 24.9. The highest BCUT2D eigenvalue weighted by molar-refractivity contribution is 5.79. The predicted molar refractivity (Wildman–Crippen MR) is 133 cm³/mol. The SMILES string of the molecule is CC(C)C[C@H](CNC(=O)OCC1c2ccccc2-c2ccccc21)CC(=O)NCC1CC1C(=O)O. The van der Waals surface area contributed by atoms with Crippen LogP contribution in [-0.4, -0.2) is 42.8 Å². The fraction of sp³-hybridized carbons (Fsp3) is 0.464. The van der Waals surface area contributed by atoms with E-state index >= 15 is 0 Å². The number of hydrogen-bond acceptors (Lipinski definition) is 4. The highest BCUT2D eigenvalue weighted by Gasteiger charge is 2.43. The zero-order valence-corrected chi connectivity index (χ0v) is 20.3. The van der Waals surface area contributed by atoms with Gasteiger partial charge in [0, 0.05) is 25.4 Å². The Morgan fingerprint density at radius 3 is 2.20 bits per heavy atom. The number of hydrogen-bond donors (Lipinski definition) is 3. The van der Waals surface area contributed by atoms with Gasteiger partial charge in [-0.2, -0.15) is 0 Å². The summed E-state index contributed by atoms with van der Waals surface area (Å²) in [7, 11) is 0. The summed E-state index contributed by atoms with van der Waals surface area (Å²) in [6.45, 7) is 5.16. The maximum absolute atomic E-state index is 12.5. The van der Waals surface area contributed by atoms with E-state index in [9.17, 15) is 14.4 Å². The smallest absolute Gasteiger partial charge is 0.407 e. The van der Waals surface area contributed by atoms with Gasteiger partial charge in [-0.25, -0.2) is 4.79 Å². The van der Waals surface area contributed by atoms with Crippen LogP contribution in [0.15, 0.2) is 48.5 Å². The molecule has 3 atom stereocenters. The third-order valence-electron chi connectivity index (χ3n) is 6.96. The number of aliphatic carboxylic acids is 1. The van der Waals surface area contributed by atoms with E-state index in [1.807, 2.05) is 24.3 Å². The molecule has 35 heavy (non-hydrogen) atoms. The molecule has 4 rings (SSSR count). The first-order valence-electron chi connectivity index (χ1n) is 12.4. The normalized spacial score (nSPS) is 18.9. The van der Waals surface area contributed by atoms with Crippen molar-refractivity contribution in [1.29, 1.82) is 0 Å². The van der Waals surface area contributed by atoms with Gasteiger partial charge in [0.2, 0.25) is 5.91 Å². The number of ether oxygens (including phenoxy) is 1. The summed E-state index contributed by atoms with van der Waals surface area (Å²) >= 11 is 0. The summed E-state index contributed by atoms with van der Waals surface area (Å²) in [6, 6.07) is 16.4. The molecule has 2 aromatic carbocycles. The Balaban J connectivity index is 1.26. The standard InChI is InChI=1S/C28H34N2O5/c1-17(2)11-18(12-26(31)29-15-19-13-24(19)27(32)33)14-30-28(34)35-16-25-22-9-5-3-7-20(22)21-8-4-6-10-23(21)25/h3-10,17-19,24-25H,11-16H2,1-2H3,(H,29,31)(H,30,34)(H,32,33)/t18-,19?,24?/m0/s1. The van der Waals surface area contributed by atoms with Crippen molar-refractivity contribution in [3.8, 4) is 11.1 Å². The van der Waals surface area contributed by atoms with Crippen molar-refractivity contribution in [2.45, 2.75) is 39.0 Å². The maximum atomic E-state index is 12.5. The maximum Gasteiger partial charge on any atom is 0.407 e. The molecule has 0 spiro atoms. The van der Waals surface area contributed by atoms with E-state index in [1.165, 1.54) is 11.1 Å². The summed E-state index contributed by atoms with van der Waals surface area (Å²) in [5, 5.41) is 14.7. The monoisotopic (exact) mass is 478 g/mol. The van der Waals surface area contributed by atoms with Crippen LogP contribution in [0.3, 0.4) is 0 Å². The summed E-state index contributed by atoms with van der Waals surface area (Å²) < 4.78 is 5.62. The van der Waals surface area contributed by atoms with Crippen LogP contribution < -0.4 is 10.6 Å². The number of benzene rings is 2. The summed E-state index contributed by atoms with van der Waals surface area (Å²) in [5.74, 6) is -0.865. The molecule has 186 valence electrons. The zero-order valence-electron chi connectivity index (χ0n) is 20.3. The summed E-state index contributed by atoms with van der Waals surface area (Å²) in [5.41, 5.74) is 4.69. The fourth-order valence-electron chi connectivity index (χ4n) is 5.14. The lowest BCUT2D eigenvalue weighted by Crippen LogP contribution is -2.35. The number of carbonyl (C=O) groups is 3. The Kier molecular flexibility index (Phi) is 7.73. The minimum absolute atomic E-state index is 0.00226. The summed E-state index contributed by atoms with van der Waals surface area (Å²) in [6.07, 6.45) is 1.21. The second-order valence-corrected chi connectivity index (χ2v) is 10.2. The average Bonchev–Trinajstić information content (AvgIpc) is 3.55. The van der Waals surface area contributed by atoms with Gasteiger partial charge >= 0.3 is 12.1 Å². The number of amides is 2. The summed E-state index contributed by atoms with van der Waals surface area (Å²) in [4.78, 5) is 35.9. The first-order valence-corrected chi connectivity index (χ1v) is 12.4. The number of carboxylic acid groups (broad SMARTS) is 1. The van der Waals surface area contributed by atoms with Crippen molar-refractivity contribution >= 4 is 18.0 Å². The molecule has 2 aliphatic carbocycles. The van der Waals surface area contributed by atoms with Crippen molar-refractivity contribution in [2.75, 3.05) is 19.7 Å². The Labute approximate surface area is 206 Å². The van der Waals surface area contributed by atoms with E-state index in [0.717, 1.165) is 17.5 Å². The predicted octanol–water partition coefficient (Wildman–Crippen LogP) is 4.41. The van der Waals surface area contributed by atoms with Crippen LogP contribution in [0, 0.1) is 23.7 Å². The molecule has 0 bridgehead atoms. The van der Waals surface area contributed by atoms with Gasteiger partial charge in [-0.1, -0.05) is 62.4 Å². The number of carboxylic acids is 1. The highest BCUT2D eigenvalue weighted by Crippen LogP contribution is 2.44. The molecule has 0 radical (unpaired) electrons. The highest BCUT2D eigenvalue weighted by atomic mass is 16.5. The molecular weight excluding hydrogens is 444 g/mol.